The van der Waals surface area contributed by atoms with Gasteiger partial charge in [0.2, 0.25) is 0 Å². The minimum absolute atomic E-state index is 0.0941. The van der Waals surface area contributed by atoms with Gasteiger partial charge in [-0.05, 0) is 37.3 Å². The van der Waals surface area contributed by atoms with Gasteiger partial charge in [-0.1, -0.05) is 66.7 Å². The number of nitrogens with zero attached hydrogens (tertiary/aromatic N) is 3. The Bertz CT molecular complexity index is 1540. The largest absolute Gasteiger partial charge is 0.422 e. The molecule has 0 saturated carbocycles. The van der Waals surface area contributed by atoms with Crippen LogP contribution < -0.4 is 4.74 Å². The predicted octanol–water partition coefficient (Wildman–Crippen LogP) is 6.64. The third kappa shape index (κ3) is 4.37. The zero-order valence-electron chi connectivity index (χ0n) is 19.4. The molecule has 0 N–H and O–H groups in total. The van der Waals surface area contributed by atoms with E-state index in [0.717, 1.165) is 28.2 Å². The number of nitro benzene ring substituents is 1. The van der Waals surface area contributed by atoms with E-state index in [9.17, 15) is 14.9 Å². The highest BCUT2D eigenvalue weighted by Gasteiger charge is 2.23. The van der Waals surface area contributed by atoms with Gasteiger partial charge in [0.05, 0.1) is 16.2 Å². The van der Waals surface area contributed by atoms with E-state index in [2.05, 4.69) is 0 Å². The molecule has 0 fully saturated rings. The van der Waals surface area contributed by atoms with E-state index < -0.39 is 10.9 Å². The second-order valence-electron chi connectivity index (χ2n) is 8.11. The van der Waals surface area contributed by atoms with Crippen molar-refractivity contribution in [2.75, 3.05) is 0 Å². The fraction of sp³-hybridized carbons (Fsp3) is 0.0345. The van der Waals surface area contributed by atoms with Crippen molar-refractivity contribution in [1.82, 2.24) is 9.78 Å². The number of aromatic nitrogens is 2. The van der Waals surface area contributed by atoms with Gasteiger partial charge in [-0.2, -0.15) is 5.10 Å². The van der Waals surface area contributed by atoms with E-state index in [1.807, 2.05) is 84.4 Å². The number of carbonyl (C=O) groups is 1. The van der Waals surface area contributed by atoms with E-state index in [4.69, 9.17) is 9.84 Å². The normalized spacial score (nSPS) is 10.7. The first-order chi connectivity index (χ1) is 17.5. The fourth-order valence-corrected chi connectivity index (χ4v) is 4.08. The van der Waals surface area contributed by atoms with Crippen molar-refractivity contribution >= 4 is 11.7 Å². The van der Waals surface area contributed by atoms with Gasteiger partial charge in [-0.15, -0.1) is 0 Å². The Balaban J connectivity index is 1.60. The molecule has 1 heterocycles. The molecule has 0 unspecified atom stereocenters. The molecule has 0 amide bonds. The number of ether oxygens (including phenoxy) is 1. The molecule has 5 aromatic rings. The van der Waals surface area contributed by atoms with Crippen LogP contribution in [0.5, 0.6) is 5.75 Å². The molecule has 5 rings (SSSR count). The minimum atomic E-state index is -0.605. The maximum Gasteiger partial charge on any atom is 0.343 e. The standard InChI is InChI=1S/C29H21N3O4/c1-20-27(28(21-10-4-2-5-11-21)30-31(20)23-12-6-3-7-13-23)25-14-8-9-15-26(25)36-29(33)22-16-18-24(19-17-22)32(34)35/h2-19H,1H3. The Morgan fingerprint density at radius 2 is 1.44 bits per heavy atom. The van der Waals surface area contributed by atoms with Crippen molar-refractivity contribution in [3.8, 4) is 33.8 Å². The Hall–Kier alpha value is -5.04. The highest BCUT2D eigenvalue weighted by atomic mass is 16.6. The highest BCUT2D eigenvalue weighted by Crippen LogP contribution is 2.40. The minimum Gasteiger partial charge on any atom is -0.422 e. The van der Waals surface area contributed by atoms with Crippen molar-refractivity contribution < 1.29 is 14.5 Å². The molecule has 4 aromatic carbocycles. The first kappa shape index (κ1) is 22.7. The summed E-state index contributed by atoms with van der Waals surface area (Å²) in [5.74, 6) is -0.236. The molecule has 0 atom stereocenters. The zero-order chi connectivity index (χ0) is 25.1. The van der Waals surface area contributed by atoms with Gasteiger partial charge in [0.1, 0.15) is 11.4 Å². The molecule has 0 aliphatic heterocycles. The van der Waals surface area contributed by atoms with Crippen LogP contribution in [0.3, 0.4) is 0 Å². The van der Waals surface area contributed by atoms with Gasteiger partial charge in [-0.25, -0.2) is 9.48 Å². The van der Waals surface area contributed by atoms with Crippen molar-refractivity contribution in [2.24, 2.45) is 0 Å². The fourth-order valence-electron chi connectivity index (χ4n) is 4.08. The summed E-state index contributed by atoms with van der Waals surface area (Å²) in [4.78, 5) is 23.4. The number of carbonyl (C=O) groups excluding carboxylic acids is 1. The summed E-state index contributed by atoms with van der Waals surface area (Å²) in [5.41, 5.74) is 5.18. The molecule has 0 bridgehead atoms. The Morgan fingerprint density at radius 1 is 0.833 bits per heavy atom. The molecular formula is C29H21N3O4. The number of para-hydroxylation sites is 2. The molecule has 0 saturated heterocycles. The molecule has 7 nitrogen and oxygen atoms in total. The Morgan fingerprint density at radius 3 is 2.11 bits per heavy atom. The smallest absolute Gasteiger partial charge is 0.343 e. The number of hydrogen-bond acceptors (Lipinski definition) is 5. The maximum absolute atomic E-state index is 12.9. The molecule has 0 aliphatic rings. The molecule has 36 heavy (non-hydrogen) atoms. The maximum atomic E-state index is 12.9. The highest BCUT2D eigenvalue weighted by molar-refractivity contribution is 5.93. The zero-order valence-corrected chi connectivity index (χ0v) is 19.4. The van der Waals surface area contributed by atoms with E-state index in [1.54, 1.807) is 12.1 Å². The topological polar surface area (TPSA) is 87.3 Å². The van der Waals surface area contributed by atoms with Crippen molar-refractivity contribution in [3.05, 3.63) is 131 Å². The van der Waals surface area contributed by atoms with Gasteiger partial charge >= 0.3 is 5.97 Å². The summed E-state index contributed by atoms with van der Waals surface area (Å²) in [7, 11) is 0. The SMILES string of the molecule is Cc1c(-c2ccccc2OC(=O)c2ccc([N+](=O)[O-])cc2)c(-c2ccccc2)nn1-c1ccccc1. The average molecular weight is 476 g/mol. The van der Waals surface area contributed by atoms with Crippen LogP contribution in [0.4, 0.5) is 5.69 Å². The Kier molecular flexibility index (Phi) is 6.11. The molecule has 0 aliphatic carbocycles. The van der Waals surface area contributed by atoms with Crippen LogP contribution in [0.15, 0.2) is 109 Å². The monoisotopic (exact) mass is 475 g/mol. The number of rotatable bonds is 6. The van der Waals surface area contributed by atoms with Crippen molar-refractivity contribution in [2.45, 2.75) is 6.92 Å². The van der Waals surface area contributed by atoms with E-state index >= 15 is 0 Å². The first-order valence-corrected chi connectivity index (χ1v) is 11.3. The quantitative estimate of drug-likeness (QED) is 0.119. The van der Waals surface area contributed by atoms with Crippen molar-refractivity contribution in [1.29, 1.82) is 0 Å². The van der Waals surface area contributed by atoms with Crippen LogP contribution in [0.25, 0.3) is 28.1 Å². The van der Waals surface area contributed by atoms with Gasteiger partial charge in [0, 0.05) is 34.5 Å². The number of benzene rings is 4. The number of hydrogen-bond donors (Lipinski definition) is 0. The first-order valence-electron chi connectivity index (χ1n) is 11.3. The van der Waals surface area contributed by atoms with Crippen LogP contribution >= 0.6 is 0 Å². The average Bonchev–Trinajstić information content (AvgIpc) is 3.26. The lowest BCUT2D eigenvalue weighted by molar-refractivity contribution is -0.384. The second-order valence-corrected chi connectivity index (χ2v) is 8.11. The summed E-state index contributed by atoms with van der Waals surface area (Å²) >= 11 is 0. The molecule has 0 spiro atoms. The summed E-state index contributed by atoms with van der Waals surface area (Å²) in [6, 6.07) is 32.3. The predicted molar refractivity (Wildman–Crippen MR) is 137 cm³/mol. The molecule has 0 radical (unpaired) electrons. The second kappa shape index (κ2) is 9.68. The molecule has 7 heteroatoms. The lowest BCUT2D eigenvalue weighted by Crippen LogP contribution is -2.09. The third-order valence-corrected chi connectivity index (χ3v) is 5.84. The van der Waals surface area contributed by atoms with Crippen LogP contribution in [0, 0.1) is 17.0 Å². The number of non-ortho nitro benzene ring substituents is 1. The summed E-state index contributed by atoms with van der Waals surface area (Å²) in [6.45, 7) is 1.98. The molecule has 1 aromatic heterocycles. The van der Waals surface area contributed by atoms with Gasteiger partial charge < -0.3 is 4.74 Å². The third-order valence-electron chi connectivity index (χ3n) is 5.84. The van der Waals surface area contributed by atoms with Gasteiger partial charge in [-0.3, -0.25) is 10.1 Å². The molecule has 176 valence electrons. The Labute approximate surface area is 207 Å². The lowest BCUT2D eigenvalue weighted by Gasteiger charge is -2.12. The van der Waals surface area contributed by atoms with Crippen LogP contribution in [-0.4, -0.2) is 20.7 Å². The lowest BCUT2D eigenvalue weighted by atomic mass is 9.98. The molecular weight excluding hydrogens is 454 g/mol. The van der Waals surface area contributed by atoms with E-state index in [-0.39, 0.29) is 11.3 Å². The number of esters is 1. The van der Waals surface area contributed by atoms with Crippen molar-refractivity contribution in [3.63, 3.8) is 0 Å². The van der Waals surface area contributed by atoms with Gasteiger partial charge in [0.25, 0.3) is 5.69 Å². The van der Waals surface area contributed by atoms with Crippen LogP contribution in [0.2, 0.25) is 0 Å². The number of nitro groups is 1. The summed E-state index contributed by atoms with van der Waals surface area (Å²) in [6.07, 6.45) is 0. The summed E-state index contributed by atoms with van der Waals surface area (Å²) < 4.78 is 7.68. The van der Waals surface area contributed by atoms with Crippen LogP contribution in [-0.2, 0) is 0 Å². The van der Waals surface area contributed by atoms with Gasteiger partial charge in [0.15, 0.2) is 0 Å². The van der Waals surface area contributed by atoms with E-state index in [0.29, 0.717) is 11.3 Å². The summed E-state index contributed by atoms with van der Waals surface area (Å²) in [5, 5.41) is 15.9. The van der Waals surface area contributed by atoms with E-state index in [1.165, 1.54) is 24.3 Å². The van der Waals surface area contributed by atoms with Crippen LogP contribution in [0.1, 0.15) is 16.1 Å².